The van der Waals surface area contributed by atoms with Gasteiger partial charge in [0.15, 0.2) is 0 Å². The number of carbonyl (C=O) groups excluding carboxylic acids is 3. The first-order chi connectivity index (χ1) is 10.4. The molecular formula is C16H29NO5. The summed E-state index contributed by atoms with van der Waals surface area (Å²) in [7, 11) is 0. The molecule has 1 atom stereocenters. The van der Waals surface area contributed by atoms with Crippen LogP contribution in [0.5, 0.6) is 0 Å². The van der Waals surface area contributed by atoms with Gasteiger partial charge in [-0.3, -0.25) is 14.4 Å². The van der Waals surface area contributed by atoms with Crippen molar-refractivity contribution in [2.24, 2.45) is 5.92 Å². The van der Waals surface area contributed by atoms with E-state index in [0.717, 1.165) is 0 Å². The van der Waals surface area contributed by atoms with Gasteiger partial charge in [-0.2, -0.15) is 0 Å². The Morgan fingerprint density at radius 3 is 2.00 bits per heavy atom. The molecule has 1 N–H and O–H groups in total. The molecule has 6 heteroatoms. The van der Waals surface area contributed by atoms with E-state index in [4.69, 9.17) is 9.47 Å². The number of rotatable bonds is 13. The second-order valence-electron chi connectivity index (χ2n) is 5.59. The highest BCUT2D eigenvalue weighted by atomic mass is 16.5. The maximum Gasteiger partial charge on any atom is 0.220 e. The van der Waals surface area contributed by atoms with Crippen LogP contribution in [0.1, 0.15) is 47.0 Å². The van der Waals surface area contributed by atoms with Gasteiger partial charge in [-0.15, -0.1) is 0 Å². The monoisotopic (exact) mass is 315 g/mol. The van der Waals surface area contributed by atoms with E-state index in [9.17, 15) is 14.4 Å². The summed E-state index contributed by atoms with van der Waals surface area (Å²) < 4.78 is 10.8. The molecule has 0 saturated carbocycles. The van der Waals surface area contributed by atoms with Gasteiger partial charge >= 0.3 is 0 Å². The molecule has 0 spiro atoms. The van der Waals surface area contributed by atoms with Gasteiger partial charge in [0.05, 0.1) is 32.5 Å². The largest absolute Gasteiger partial charge is 0.379 e. The molecule has 0 radical (unpaired) electrons. The fraction of sp³-hybridized carbons (Fsp3) is 0.812. The van der Waals surface area contributed by atoms with Crippen LogP contribution in [0.4, 0.5) is 0 Å². The van der Waals surface area contributed by atoms with Crippen LogP contribution >= 0.6 is 0 Å². The first-order valence-electron chi connectivity index (χ1n) is 7.83. The standard InChI is InChI=1S/C16H29NO5/c1-5-16(20)17-14(10-21-8-6-13(4)18)11-22-9-7-15(19)12(2)3/h12,14H,5-11H2,1-4H3,(H,17,20). The van der Waals surface area contributed by atoms with E-state index in [2.05, 4.69) is 5.32 Å². The molecule has 22 heavy (non-hydrogen) atoms. The summed E-state index contributed by atoms with van der Waals surface area (Å²) in [6, 6.07) is -0.270. The van der Waals surface area contributed by atoms with Crippen LogP contribution in [-0.2, 0) is 23.9 Å². The Hall–Kier alpha value is -1.27. The second kappa shape index (κ2) is 12.3. The van der Waals surface area contributed by atoms with Gasteiger partial charge in [0.2, 0.25) is 5.91 Å². The van der Waals surface area contributed by atoms with Crippen molar-refractivity contribution in [2.45, 2.75) is 53.0 Å². The highest BCUT2D eigenvalue weighted by molar-refractivity contribution is 5.80. The van der Waals surface area contributed by atoms with E-state index >= 15 is 0 Å². The van der Waals surface area contributed by atoms with Crippen LogP contribution in [0, 0.1) is 5.92 Å². The quantitative estimate of drug-likeness (QED) is 0.521. The lowest BCUT2D eigenvalue weighted by Gasteiger charge is -2.18. The van der Waals surface area contributed by atoms with Gasteiger partial charge in [0.25, 0.3) is 0 Å². The molecule has 0 aromatic rings. The second-order valence-corrected chi connectivity index (χ2v) is 5.59. The summed E-state index contributed by atoms with van der Waals surface area (Å²) in [5, 5.41) is 2.81. The predicted octanol–water partition coefficient (Wildman–Crippen LogP) is 1.51. The van der Waals surface area contributed by atoms with Crippen molar-refractivity contribution in [3.8, 4) is 0 Å². The third-order valence-corrected chi connectivity index (χ3v) is 3.06. The van der Waals surface area contributed by atoms with Crippen molar-refractivity contribution >= 4 is 17.5 Å². The predicted molar refractivity (Wildman–Crippen MR) is 83.6 cm³/mol. The Morgan fingerprint density at radius 2 is 1.55 bits per heavy atom. The van der Waals surface area contributed by atoms with E-state index in [1.807, 2.05) is 13.8 Å². The van der Waals surface area contributed by atoms with Crippen LogP contribution in [0.25, 0.3) is 0 Å². The number of hydrogen-bond acceptors (Lipinski definition) is 5. The minimum atomic E-state index is -0.270. The SMILES string of the molecule is CCC(=O)NC(COCCC(C)=O)COCCC(=O)C(C)C. The average molecular weight is 315 g/mol. The first-order valence-corrected chi connectivity index (χ1v) is 7.83. The highest BCUT2D eigenvalue weighted by Crippen LogP contribution is 2.00. The molecule has 0 aliphatic carbocycles. The van der Waals surface area contributed by atoms with Crippen LogP contribution in [0.2, 0.25) is 0 Å². The number of ether oxygens (including phenoxy) is 2. The summed E-state index contributed by atoms with van der Waals surface area (Å²) in [5.74, 6) is 0.153. The zero-order valence-electron chi connectivity index (χ0n) is 14.1. The summed E-state index contributed by atoms with van der Waals surface area (Å²) in [6.45, 7) is 8.24. The number of hydrogen-bond donors (Lipinski definition) is 1. The molecule has 6 nitrogen and oxygen atoms in total. The number of ketones is 2. The lowest BCUT2D eigenvalue weighted by Crippen LogP contribution is -2.41. The molecule has 0 aliphatic heterocycles. The molecule has 0 aromatic heterocycles. The molecule has 0 bridgehead atoms. The molecular weight excluding hydrogens is 286 g/mol. The van der Waals surface area contributed by atoms with Crippen molar-refractivity contribution in [2.75, 3.05) is 26.4 Å². The Labute approximate surface area is 132 Å². The Balaban J connectivity index is 4.04. The minimum Gasteiger partial charge on any atom is -0.379 e. The van der Waals surface area contributed by atoms with Crippen molar-refractivity contribution in [1.82, 2.24) is 5.32 Å². The van der Waals surface area contributed by atoms with Crippen LogP contribution in [0.15, 0.2) is 0 Å². The number of carbonyl (C=O) groups is 3. The van der Waals surface area contributed by atoms with E-state index in [1.165, 1.54) is 6.92 Å². The molecule has 0 aromatic carbocycles. The van der Waals surface area contributed by atoms with E-state index in [0.29, 0.717) is 32.5 Å². The lowest BCUT2D eigenvalue weighted by molar-refractivity contribution is -0.124. The molecule has 0 fully saturated rings. The molecule has 0 aliphatic rings. The van der Waals surface area contributed by atoms with Crippen LogP contribution in [-0.4, -0.2) is 49.9 Å². The Bertz CT molecular complexity index is 354. The molecule has 1 amide bonds. The van der Waals surface area contributed by atoms with Gasteiger partial charge in [0, 0.05) is 25.2 Å². The van der Waals surface area contributed by atoms with E-state index in [1.54, 1.807) is 6.92 Å². The van der Waals surface area contributed by atoms with Gasteiger partial charge in [-0.1, -0.05) is 20.8 Å². The summed E-state index contributed by atoms with van der Waals surface area (Å²) in [5.41, 5.74) is 0. The molecule has 0 heterocycles. The average Bonchev–Trinajstić information content (AvgIpc) is 2.46. The van der Waals surface area contributed by atoms with Gasteiger partial charge in [-0.25, -0.2) is 0 Å². The number of nitrogens with one attached hydrogen (secondary N) is 1. The van der Waals surface area contributed by atoms with E-state index in [-0.39, 0.29) is 42.6 Å². The maximum atomic E-state index is 11.5. The minimum absolute atomic E-state index is 0.00843. The van der Waals surface area contributed by atoms with Crippen LogP contribution < -0.4 is 5.32 Å². The third-order valence-electron chi connectivity index (χ3n) is 3.06. The smallest absolute Gasteiger partial charge is 0.220 e. The van der Waals surface area contributed by atoms with E-state index < -0.39 is 0 Å². The zero-order valence-corrected chi connectivity index (χ0v) is 14.1. The Kier molecular flexibility index (Phi) is 11.6. The first kappa shape index (κ1) is 20.7. The molecule has 0 rings (SSSR count). The molecule has 1 unspecified atom stereocenters. The highest BCUT2D eigenvalue weighted by Gasteiger charge is 2.13. The molecule has 128 valence electrons. The number of Topliss-reactive ketones (excluding diaryl/α,β-unsaturated/α-hetero) is 2. The van der Waals surface area contributed by atoms with Crippen molar-refractivity contribution in [1.29, 1.82) is 0 Å². The van der Waals surface area contributed by atoms with Crippen LogP contribution in [0.3, 0.4) is 0 Å². The van der Waals surface area contributed by atoms with Gasteiger partial charge in [-0.05, 0) is 6.92 Å². The topological polar surface area (TPSA) is 81.7 Å². The third kappa shape index (κ3) is 11.4. The van der Waals surface area contributed by atoms with Crippen molar-refractivity contribution in [3.05, 3.63) is 0 Å². The fourth-order valence-electron chi connectivity index (χ4n) is 1.59. The van der Waals surface area contributed by atoms with Gasteiger partial charge in [0.1, 0.15) is 11.6 Å². The maximum absolute atomic E-state index is 11.5. The summed E-state index contributed by atoms with van der Waals surface area (Å²) >= 11 is 0. The fourth-order valence-corrected chi connectivity index (χ4v) is 1.59. The summed E-state index contributed by atoms with van der Waals surface area (Å²) in [6.07, 6.45) is 1.12. The lowest BCUT2D eigenvalue weighted by atomic mass is 10.1. The Morgan fingerprint density at radius 1 is 1.00 bits per heavy atom. The molecule has 0 saturated heterocycles. The number of amides is 1. The summed E-state index contributed by atoms with van der Waals surface area (Å²) in [4.78, 5) is 33.8. The van der Waals surface area contributed by atoms with Gasteiger partial charge < -0.3 is 14.8 Å². The van der Waals surface area contributed by atoms with Crippen molar-refractivity contribution < 1.29 is 23.9 Å². The zero-order chi connectivity index (χ0) is 17.0. The van der Waals surface area contributed by atoms with Crippen molar-refractivity contribution in [3.63, 3.8) is 0 Å². The normalized spacial score (nSPS) is 12.2.